The van der Waals surface area contributed by atoms with Crippen molar-refractivity contribution in [3.63, 3.8) is 0 Å². The van der Waals surface area contributed by atoms with Crippen molar-refractivity contribution >= 4 is 28.5 Å². The highest BCUT2D eigenvalue weighted by molar-refractivity contribution is 8.13. The molecule has 0 radical (unpaired) electrons. The molecule has 1 aliphatic heterocycles. The second-order valence-corrected chi connectivity index (χ2v) is 3.78. The van der Waals surface area contributed by atoms with Gasteiger partial charge in [-0.05, 0) is 18.4 Å². The molecule has 1 aromatic carbocycles. The summed E-state index contributed by atoms with van der Waals surface area (Å²) in [6.45, 7) is 0.232. The molecule has 0 unspecified atom stereocenters. The number of hydrogen-bond donors (Lipinski definition) is 1. The van der Waals surface area contributed by atoms with E-state index in [0.29, 0.717) is 5.17 Å². The minimum absolute atomic E-state index is 0.0248. The van der Waals surface area contributed by atoms with E-state index in [2.05, 4.69) is 10.4 Å². The number of hydrogen-bond acceptors (Lipinski definition) is 4. The van der Waals surface area contributed by atoms with Gasteiger partial charge in [-0.1, -0.05) is 30.0 Å². The molecule has 0 aromatic heterocycles. The molecule has 1 amide bonds. The number of carbonyl (C=O) groups excluding carboxylic acids is 1. The molecule has 5 heteroatoms. The third kappa shape index (κ3) is 2.12. The predicted octanol–water partition coefficient (Wildman–Crippen LogP) is 1.57. The lowest BCUT2D eigenvalue weighted by molar-refractivity contribution is -0.123. The molecule has 15 heavy (non-hydrogen) atoms. The summed E-state index contributed by atoms with van der Waals surface area (Å²) in [4.78, 5) is 15.6. The van der Waals surface area contributed by atoms with Gasteiger partial charge in [-0.3, -0.25) is 15.2 Å². The number of anilines is 1. The Morgan fingerprint density at radius 3 is 2.80 bits per heavy atom. The van der Waals surface area contributed by atoms with Crippen LogP contribution in [0.1, 0.15) is 0 Å². The highest BCUT2D eigenvalue weighted by atomic mass is 32.2. The summed E-state index contributed by atoms with van der Waals surface area (Å²) in [5.41, 5.74) is 3.91. The number of nitrogens with one attached hydrogen (secondary N) is 1. The monoisotopic (exact) mass is 221 g/mol. The lowest BCUT2D eigenvalue weighted by Crippen LogP contribution is -2.36. The maximum atomic E-state index is 11.5. The van der Waals surface area contributed by atoms with E-state index < -0.39 is 0 Å². The van der Waals surface area contributed by atoms with Crippen molar-refractivity contribution in [1.29, 1.82) is 0 Å². The molecule has 1 aliphatic rings. The summed E-state index contributed by atoms with van der Waals surface area (Å²) in [6, 6.07) is 9.57. The molecule has 0 aliphatic carbocycles. The van der Waals surface area contributed by atoms with E-state index in [1.54, 1.807) is 0 Å². The Balaban J connectivity index is 2.12. The summed E-state index contributed by atoms with van der Waals surface area (Å²) in [6.07, 6.45) is 1.90. The Hall–Kier alpha value is -1.49. The van der Waals surface area contributed by atoms with Crippen LogP contribution >= 0.6 is 11.8 Å². The fourth-order valence-corrected chi connectivity index (χ4v) is 1.81. The van der Waals surface area contributed by atoms with Crippen molar-refractivity contribution < 1.29 is 4.79 Å². The van der Waals surface area contributed by atoms with Gasteiger partial charge in [-0.2, -0.15) is 5.01 Å². The van der Waals surface area contributed by atoms with Gasteiger partial charge in [-0.25, -0.2) is 0 Å². The number of amides is 1. The summed E-state index contributed by atoms with van der Waals surface area (Å²) in [7, 11) is 0. The highest BCUT2D eigenvalue weighted by Gasteiger charge is 2.24. The SMILES string of the molecule is CSC1=NCC(=O)N1Nc1ccccc1. The summed E-state index contributed by atoms with van der Waals surface area (Å²) in [5, 5.41) is 2.20. The zero-order chi connectivity index (χ0) is 10.7. The number of para-hydroxylation sites is 1. The van der Waals surface area contributed by atoms with Crippen molar-refractivity contribution in [2.75, 3.05) is 18.2 Å². The van der Waals surface area contributed by atoms with E-state index in [4.69, 9.17) is 0 Å². The molecule has 4 nitrogen and oxygen atoms in total. The van der Waals surface area contributed by atoms with Crippen LogP contribution < -0.4 is 5.43 Å². The lowest BCUT2D eigenvalue weighted by atomic mass is 10.3. The van der Waals surface area contributed by atoms with Gasteiger partial charge < -0.3 is 0 Å². The number of amidine groups is 1. The molecule has 2 rings (SSSR count). The fourth-order valence-electron chi connectivity index (χ4n) is 1.29. The largest absolute Gasteiger partial charge is 0.289 e. The van der Waals surface area contributed by atoms with Crippen LogP contribution in [-0.4, -0.2) is 28.9 Å². The molecular formula is C10H11N3OS. The Kier molecular flexibility index (Phi) is 2.91. The van der Waals surface area contributed by atoms with Crippen LogP contribution in [0.4, 0.5) is 5.69 Å². The van der Waals surface area contributed by atoms with E-state index in [9.17, 15) is 4.79 Å². The van der Waals surface area contributed by atoms with Crippen LogP contribution in [-0.2, 0) is 4.79 Å². The molecule has 78 valence electrons. The van der Waals surface area contributed by atoms with Crippen molar-refractivity contribution in [1.82, 2.24) is 5.01 Å². The number of rotatable bonds is 2. The van der Waals surface area contributed by atoms with E-state index >= 15 is 0 Å². The summed E-state index contributed by atoms with van der Waals surface area (Å²) in [5.74, 6) is -0.0248. The van der Waals surface area contributed by atoms with Crippen LogP contribution in [0, 0.1) is 0 Å². The number of aliphatic imine (C=N–C) groups is 1. The first-order valence-electron chi connectivity index (χ1n) is 4.54. The van der Waals surface area contributed by atoms with Crippen LogP contribution in [0.15, 0.2) is 35.3 Å². The highest BCUT2D eigenvalue weighted by Crippen LogP contribution is 2.15. The molecule has 1 heterocycles. The number of carbonyl (C=O) groups is 1. The standard InChI is InChI=1S/C10H11N3OS/c1-15-10-11-7-9(14)13(10)12-8-5-3-2-4-6-8/h2-6,12H,7H2,1H3. The first-order valence-corrected chi connectivity index (χ1v) is 5.77. The Morgan fingerprint density at radius 1 is 1.40 bits per heavy atom. The van der Waals surface area contributed by atoms with E-state index in [1.165, 1.54) is 16.8 Å². The Bertz CT molecular complexity index is 391. The average Bonchev–Trinajstić information content (AvgIpc) is 2.62. The minimum atomic E-state index is -0.0248. The molecule has 1 N–H and O–H groups in total. The molecule has 0 spiro atoms. The zero-order valence-electron chi connectivity index (χ0n) is 8.30. The van der Waals surface area contributed by atoms with Crippen molar-refractivity contribution in [2.45, 2.75) is 0 Å². The van der Waals surface area contributed by atoms with Gasteiger partial charge in [0.1, 0.15) is 6.54 Å². The quantitative estimate of drug-likeness (QED) is 0.824. The fraction of sp³-hybridized carbons (Fsp3) is 0.200. The van der Waals surface area contributed by atoms with E-state index in [1.807, 2.05) is 36.6 Å². The van der Waals surface area contributed by atoms with Crippen LogP contribution in [0.2, 0.25) is 0 Å². The van der Waals surface area contributed by atoms with Gasteiger partial charge in [0.05, 0.1) is 5.69 Å². The third-order valence-electron chi connectivity index (χ3n) is 1.99. The number of benzene rings is 1. The smallest absolute Gasteiger partial charge is 0.269 e. The van der Waals surface area contributed by atoms with Crippen molar-refractivity contribution in [2.24, 2.45) is 4.99 Å². The van der Waals surface area contributed by atoms with E-state index in [0.717, 1.165) is 5.69 Å². The maximum Gasteiger partial charge on any atom is 0.269 e. The molecular weight excluding hydrogens is 210 g/mol. The van der Waals surface area contributed by atoms with Gasteiger partial charge >= 0.3 is 0 Å². The van der Waals surface area contributed by atoms with Gasteiger partial charge in [0.25, 0.3) is 5.91 Å². The minimum Gasteiger partial charge on any atom is -0.289 e. The van der Waals surface area contributed by atoms with Gasteiger partial charge in [0, 0.05) is 0 Å². The molecule has 0 saturated carbocycles. The Labute approximate surface area is 92.3 Å². The van der Waals surface area contributed by atoms with Gasteiger partial charge in [-0.15, -0.1) is 0 Å². The maximum absolute atomic E-state index is 11.5. The second kappa shape index (κ2) is 4.35. The molecule has 0 bridgehead atoms. The van der Waals surface area contributed by atoms with Crippen LogP contribution in [0.3, 0.4) is 0 Å². The third-order valence-corrected chi connectivity index (χ3v) is 2.66. The number of hydrazine groups is 1. The average molecular weight is 221 g/mol. The second-order valence-electron chi connectivity index (χ2n) is 3.01. The Morgan fingerprint density at radius 2 is 2.13 bits per heavy atom. The first kappa shape index (κ1) is 10.0. The van der Waals surface area contributed by atoms with Crippen molar-refractivity contribution in [3.8, 4) is 0 Å². The first-order chi connectivity index (χ1) is 7.31. The molecule has 1 aromatic rings. The lowest BCUT2D eigenvalue weighted by Gasteiger charge is -2.18. The van der Waals surface area contributed by atoms with Crippen LogP contribution in [0.25, 0.3) is 0 Å². The molecule has 0 fully saturated rings. The molecule has 0 saturated heterocycles. The van der Waals surface area contributed by atoms with E-state index in [-0.39, 0.29) is 12.5 Å². The number of nitrogens with zero attached hydrogens (tertiary/aromatic N) is 2. The van der Waals surface area contributed by atoms with Gasteiger partial charge in [0.15, 0.2) is 5.17 Å². The van der Waals surface area contributed by atoms with Gasteiger partial charge in [0.2, 0.25) is 0 Å². The summed E-state index contributed by atoms with van der Waals surface area (Å²) >= 11 is 1.46. The topological polar surface area (TPSA) is 44.7 Å². The summed E-state index contributed by atoms with van der Waals surface area (Å²) < 4.78 is 0. The van der Waals surface area contributed by atoms with Crippen LogP contribution in [0.5, 0.6) is 0 Å². The zero-order valence-corrected chi connectivity index (χ0v) is 9.12. The normalized spacial score (nSPS) is 15.4. The van der Waals surface area contributed by atoms with Crippen molar-refractivity contribution in [3.05, 3.63) is 30.3 Å². The number of thioether (sulfide) groups is 1. The molecule has 0 atom stereocenters. The predicted molar refractivity (Wildman–Crippen MR) is 62.7 cm³/mol.